The Morgan fingerprint density at radius 2 is 1.94 bits per heavy atom. The lowest BCUT2D eigenvalue weighted by molar-refractivity contribution is -0.387. The predicted octanol–water partition coefficient (Wildman–Crippen LogP) is 2.18. The van der Waals surface area contributed by atoms with Crippen LogP contribution in [0.5, 0.6) is 5.75 Å². The molecule has 3 N–H and O–H groups in total. The number of nitro groups is 1. The Morgan fingerprint density at radius 3 is 2.63 bits per heavy atom. The summed E-state index contributed by atoms with van der Waals surface area (Å²) in [7, 11) is -2.77. The zero-order chi connectivity index (χ0) is 25.2. The summed E-state index contributed by atoms with van der Waals surface area (Å²) in [6, 6.07) is 9.64. The number of nitrogens with one attached hydrogen (secondary N) is 1. The molecule has 0 amide bonds. The Hall–Kier alpha value is -3.35. The first-order chi connectivity index (χ1) is 16.7. The quantitative estimate of drug-likeness (QED) is 0.351. The standard InChI is InChI=1S/C23H27N5O6S/c1-34-17-10-11-18-21(12-17)27(23(29)13-25-18)14-19(15-6-8-16(24)9-7-15)26-35(32,33)22-5-3-2-4-20(22)28(30)31/h2-5,10-13,15-16,19,26H,6-9,14,24H2,1H3/t15-,16-,19?. The summed E-state index contributed by atoms with van der Waals surface area (Å²) >= 11 is 0. The van der Waals surface area contributed by atoms with Gasteiger partial charge in [-0.25, -0.2) is 18.1 Å². The maximum absolute atomic E-state index is 13.4. The lowest BCUT2D eigenvalue weighted by atomic mass is 9.82. The van der Waals surface area contributed by atoms with Crippen molar-refractivity contribution in [2.45, 2.75) is 49.2 Å². The third-order valence-electron chi connectivity index (χ3n) is 6.48. The molecule has 1 unspecified atom stereocenters. The smallest absolute Gasteiger partial charge is 0.289 e. The summed E-state index contributed by atoms with van der Waals surface area (Å²) in [5.74, 6) is 0.410. The second-order valence-electron chi connectivity index (χ2n) is 8.69. The molecule has 12 heteroatoms. The number of benzene rings is 2. The first-order valence-electron chi connectivity index (χ1n) is 11.2. The average Bonchev–Trinajstić information content (AvgIpc) is 2.85. The van der Waals surface area contributed by atoms with Gasteiger partial charge in [-0.3, -0.25) is 14.9 Å². The summed E-state index contributed by atoms with van der Waals surface area (Å²) < 4.78 is 36.1. The van der Waals surface area contributed by atoms with Crippen molar-refractivity contribution < 1.29 is 18.1 Å². The molecule has 1 aromatic heterocycles. The zero-order valence-corrected chi connectivity index (χ0v) is 20.0. The fourth-order valence-electron chi connectivity index (χ4n) is 4.58. The Bertz CT molecular complexity index is 1400. The number of ether oxygens (including phenoxy) is 1. The van der Waals surface area contributed by atoms with E-state index in [1.807, 2.05) is 0 Å². The molecule has 35 heavy (non-hydrogen) atoms. The van der Waals surface area contributed by atoms with Crippen molar-refractivity contribution in [1.29, 1.82) is 0 Å². The van der Waals surface area contributed by atoms with E-state index in [1.54, 1.807) is 18.2 Å². The van der Waals surface area contributed by atoms with E-state index in [0.29, 0.717) is 42.5 Å². The van der Waals surface area contributed by atoms with Crippen molar-refractivity contribution in [3.05, 3.63) is 69.1 Å². The number of nitrogens with zero attached hydrogens (tertiary/aromatic N) is 3. The van der Waals surface area contributed by atoms with Crippen LogP contribution in [0.3, 0.4) is 0 Å². The van der Waals surface area contributed by atoms with Gasteiger partial charge in [-0.05, 0) is 49.8 Å². The van der Waals surface area contributed by atoms with Crippen LogP contribution in [0.15, 0.2) is 58.4 Å². The second kappa shape index (κ2) is 10.1. The molecule has 11 nitrogen and oxygen atoms in total. The van der Waals surface area contributed by atoms with Crippen LogP contribution < -0.4 is 20.8 Å². The van der Waals surface area contributed by atoms with Crippen LogP contribution in [0.4, 0.5) is 5.69 Å². The van der Waals surface area contributed by atoms with Gasteiger partial charge in [-0.1, -0.05) is 12.1 Å². The summed E-state index contributed by atoms with van der Waals surface area (Å²) in [4.78, 5) is 27.4. The van der Waals surface area contributed by atoms with Crippen LogP contribution in [0.1, 0.15) is 25.7 Å². The average molecular weight is 502 g/mol. The van der Waals surface area contributed by atoms with Gasteiger partial charge in [0.25, 0.3) is 11.2 Å². The van der Waals surface area contributed by atoms with E-state index in [0.717, 1.165) is 6.07 Å². The SMILES string of the molecule is COc1ccc2ncc(=O)n(CC(NS(=O)(=O)c3ccccc3[N+](=O)[O-])[C@H]3CC[C@H](N)CC3)c2c1. The molecule has 1 saturated carbocycles. The van der Waals surface area contributed by atoms with E-state index < -0.39 is 37.1 Å². The third kappa shape index (κ3) is 5.34. The van der Waals surface area contributed by atoms with Gasteiger partial charge >= 0.3 is 0 Å². The first kappa shape index (κ1) is 24.8. The monoisotopic (exact) mass is 501 g/mol. The van der Waals surface area contributed by atoms with Crippen LogP contribution in [0, 0.1) is 16.0 Å². The number of sulfonamides is 1. The van der Waals surface area contributed by atoms with E-state index in [-0.39, 0.29) is 18.5 Å². The first-order valence-corrected chi connectivity index (χ1v) is 12.7. The Labute approximate surface area is 202 Å². The highest BCUT2D eigenvalue weighted by Gasteiger charge is 2.33. The van der Waals surface area contributed by atoms with E-state index in [9.17, 15) is 23.3 Å². The van der Waals surface area contributed by atoms with Crippen LogP contribution in [-0.4, -0.2) is 42.1 Å². The van der Waals surface area contributed by atoms with Gasteiger partial charge < -0.3 is 15.0 Å². The summed E-state index contributed by atoms with van der Waals surface area (Å²) in [6.07, 6.45) is 3.94. The van der Waals surface area contributed by atoms with Crippen molar-refractivity contribution in [3.8, 4) is 5.75 Å². The minimum atomic E-state index is -4.28. The Balaban J connectivity index is 1.76. The molecule has 0 saturated heterocycles. The molecular weight excluding hydrogens is 474 g/mol. The van der Waals surface area contributed by atoms with Crippen LogP contribution in [0.2, 0.25) is 0 Å². The fraction of sp³-hybridized carbons (Fsp3) is 0.391. The zero-order valence-electron chi connectivity index (χ0n) is 19.2. The van der Waals surface area contributed by atoms with Crippen LogP contribution in [0.25, 0.3) is 11.0 Å². The van der Waals surface area contributed by atoms with Crippen molar-refractivity contribution in [2.75, 3.05) is 7.11 Å². The van der Waals surface area contributed by atoms with Crippen molar-refractivity contribution in [2.24, 2.45) is 11.7 Å². The van der Waals surface area contributed by atoms with E-state index >= 15 is 0 Å². The number of nitrogens with two attached hydrogens (primary N) is 1. The Morgan fingerprint density at radius 1 is 1.23 bits per heavy atom. The number of rotatable bonds is 8. The number of hydrogen-bond acceptors (Lipinski definition) is 8. The van der Waals surface area contributed by atoms with Gasteiger partial charge in [0.1, 0.15) is 5.75 Å². The number of aromatic nitrogens is 2. The van der Waals surface area contributed by atoms with Gasteiger partial charge in [0.15, 0.2) is 4.90 Å². The van der Waals surface area contributed by atoms with Crippen LogP contribution >= 0.6 is 0 Å². The number of nitro benzene ring substituents is 1. The number of fused-ring (bicyclic) bond motifs is 1. The van der Waals surface area contributed by atoms with E-state index in [1.165, 1.54) is 36.1 Å². The topological polar surface area (TPSA) is 159 Å². The largest absolute Gasteiger partial charge is 0.497 e. The molecule has 0 spiro atoms. The maximum Gasteiger partial charge on any atom is 0.289 e. The molecule has 1 aliphatic rings. The van der Waals surface area contributed by atoms with E-state index in [4.69, 9.17) is 10.5 Å². The predicted molar refractivity (Wildman–Crippen MR) is 130 cm³/mol. The normalized spacial score (nSPS) is 19.4. The van der Waals surface area contributed by atoms with Gasteiger partial charge in [-0.2, -0.15) is 0 Å². The highest BCUT2D eigenvalue weighted by Crippen LogP contribution is 2.30. The van der Waals surface area contributed by atoms with Gasteiger partial charge in [0.05, 0.1) is 29.3 Å². The van der Waals surface area contributed by atoms with Crippen molar-refractivity contribution >= 4 is 26.7 Å². The lowest BCUT2D eigenvalue weighted by Gasteiger charge is -2.33. The molecule has 1 atom stereocenters. The van der Waals surface area contributed by atoms with Crippen molar-refractivity contribution in [3.63, 3.8) is 0 Å². The molecule has 1 aliphatic carbocycles. The second-order valence-corrected chi connectivity index (χ2v) is 10.4. The molecular formula is C23H27N5O6S. The van der Waals surface area contributed by atoms with Crippen LogP contribution in [-0.2, 0) is 16.6 Å². The summed E-state index contributed by atoms with van der Waals surface area (Å²) in [6.45, 7) is 0.0186. The Kier molecular flexibility index (Phi) is 7.15. The van der Waals surface area contributed by atoms with Gasteiger partial charge in [-0.15, -0.1) is 0 Å². The molecule has 186 valence electrons. The van der Waals surface area contributed by atoms with Gasteiger partial charge in [0.2, 0.25) is 10.0 Å². The lowest BCUT2D eigenvalue weighted by Crippen LogP contribution is -2.46. The van der Waals surface area contributed by atoms with Crippen molar-refractivity contribution in [1.82, 2.24) is 14.3 Å². The molecule has 0 bridgehead atoms. The number of methoxy groups -OCH3 is 1. The molecule has 0 radical (unpaired) electrons. The molecule has 3 aromatic rings. The summed E-state index contributed by atoms with van der Waals surface area (Å²) in [5, 5.41) is 11.5. The minimum Gasteiger partial charge on any atom is -0.497 e. The van der Waals surface area contributed by atoms with E-state index in [2.05, 4.69) is 9.71 Å². The minimum absolute atomic E-state index is 0.0186. The fourth-order valence-corrected chi connectivity index (χ4v) is 6.05. The highest BCUT2D eigenvalue weighted by atomic mass is 32.2. The molecule has 4 rings (SSSR count). The third-order valence-corrected chi connectivity index (χ3v) is 8.01. The molecule has 1 fully saturated rings. The highest BCUT2D eigenvalue weighted by molar-refractivity contribution is 7.89. The molecule has 0 aliphatic heterocycles. The number of hydrogen-bond donors (Lipinski definition) is 2. The van der Waals surface area contributed by atoms with Gasteiger partial charge in [0, 0.05) is 30.8 Å². The maximum atomic E-state index is 13.4. The molecule has 1 heterocycles. The summed E-state index contributed by atoms with van der Waals surface area (Å²) in [5.41, 5.74) is 6.20. The molecule has 2 aromatic carbocycles. The number of para-hydroxylation sites is 1.